The average molecular weight is 207 g/mol. The third-order valence-corrected chi connectivity index (χ3v) is 1.99. The molecule has 1 N–H and O–H groups in total. The van der Waals surface area contributed by atoms with Gasteiger partial charge in [0, 0.05) is 12.2 Å². The normalized spacial score (nSPS) is 9.67. The molecule has 0 heterocycles. The molecule has 15 heavy (non-hydrogen) atoms. The van der Waals surface area contributed by atoms with Gasteiger partial charge in [0.1, 0.15) is 6.42 Å². The molecule has 0 bridgehead atoms. The fourth-order valence-corrected chi connectivity index (χ4v) is 1.34. The molecule has 1 aromatic carbocycles. The van der Waals surface area contributed by atoms with Crippen molar-refractivity contribution in [3.63, 3.8) is 0 Å². The number of carboxylic acid groups (broad SMARTS) is 1. The Labute approximate surface area is 88.1 Å². The van der Waals surface area contributed by atoms with Crippen LogP contribution in [0.3, 0.4) is 0 Å². The average Bonchev–Trinajstić information content (AvgIpc) is 2.19. The van der Waals surface area contributed by atoms with Gasteiger partial charge in [0.25, 0.3) is 0 Å². The number of para-hydroxylation sites is 1. The number of carbonyl (C=O) groups is 2. The number of nitrogens with zero attached hydrogens (tertiary/aromatic N) is 1. The molecule has 1 amide bonds. The minimum absolute atomic E-state index is 0.392. The molecule has 0 atom stereocenters. The van der Waals surface area contributed by atoms with Crippen LogP contribution in [0.5, 0.6) is 0 Å². The minimum atomic E-state index is -1.10. The van der Waals surface area contributed by atoms with Gasteiger partial charge in [0.2, 0.25) is 5.91 Å². The summed E-state index contributed by atoms with van der Waals surface area (Å²) < 4.78 is 0. The number of hydrogen-bond acceptors (Lipinski definition) is 2. The summed E-state index contributed by atoms with van der Waals surface area (Å²) in [6.07, 6.45) is -0.470. The number of anilines is 1. The van der Waals surface area contributed by atoms with Gasteiger partial charge in [-0.2, -0.15) is 0 Å². The maximum atomic E-state index is 11.5. The lowest BCUT2D eigenvalue weighted by Gasteiger charge is -2.19. The van der Waals surface area contributed by atoms with E-state index in [0.717, 1.165) is 5.69 Å². The molecule has 1 aromatic rings. The van der Waals surface area contributed by atoms with Gasteiger partial charge < -0.3 is 10.0 Å². The first-order valence-corrected chi connectivity index (χ1v) is 4.72. The van der Waals surface area contributed by atoms with Gasteiger partial charge in [-0.05, 0) is 19.1 Å². The summed E-state index contributed by atoms with van der Waals surface area (Å²) in [4.78, 5) is 23.4. The fraction of sp³-hybridized carbons (Fsp3) is 0.273. The summed E-state index contributed by atoms with van der Waals surface area (Å²) in [5, 5.41) is 8.53. The van der Waals surface area contributed by atoms with Crippen molar-refractivity contribution in [2.75, 3.05) is 11.4 Å². The Kier molecular flexibility index (Phi) is 3.85. The van der Waals surface area contributed by atoms with E-state index in [4.69, 9.17) is 5.11 Å². The highest BCUT2D eigenvalue weighted by molar-refractivity contribution is 6.02. The third kappa shape index (κ3) is 3.09. The van der Waals surface area contributed by atoms with E-state index in [-0.39, 0.29) is 0 Å². The van der Waals surface area contributed by atoms with Crippen molar-refractivity contribution in [3.8, 4) is 0 Å². The lowest BCUT2D eigenvalue weighted by Crippen LogP contribution is -2.32. The van der Waals surface area contributed by atoms with E-state index in [1.54, 1.807) is 12.1 Å². The second-order valence-corrected chi connectivity index (χ2v) is 3.04. The predicted octanol–water partition coefficient (Wildman–Crippen LogP) is 1.51. The molecule has 0 aliphatic heterocycles. The first-order chi connectivity index (χ1) is 7.15. The van der Waals surface area contributed by atoms with Crippen LogP contribution in [-0.2, 0) is 9.59 Å². The van der Waals surface area contributed by atoms with Crippen LogP contribution in [0.15, 0.2) is 30.3 Å². The van der Waals surface area contributed by atoms with Crippen molar-refractivity contribution < 1.29 is 14.7 Å². The third-order valence-electron chi connectivity index (χ3n) is 1.99. The standard InChI is InChI=1S/C11H13NO3/c1-2-12(10(13)8-11(14)15)9-6-4-3-5-7-9/h3-7H,2,8H2,1H3,(H,14,15). The molecular weight excluding hydrogens is 194 g/mol. The summed E-state index contributed by atoms with van der Waals surface area (Å²) in [6, 6.07) is 9.03. The zero-order valence-corrected chi connectivity index (χ0v) is 8.51. The van der Waals surface area contributed by atoms with Gasteiger partial charge in [-0.15, -0.1) is 0 Å². The predicted molar refractivity (Wildman–Crippen MR) is 56.7 cm³/mol. The molecule has 0 fully saturated rings. The molecule has 1 rings (SSSR count). The Bertz CT molecular complexity index is 348. The summed E-state index contributed by atoms with van der Waals surface area (Å²) in [5.74, 6) is -1.49. The highest BCUT2D eigenvalue weighted by atomic mass is 16.4. The van der Waals surface area contributed by atoms with Crippen LogP contribution in [0.2, 0.25) is 0 Å². The molecule has 4 nitrogen and oxygen atoms in total. The van der Waals surface area contributed by atoms with E-state index < -0.39 is 18.3 Å². The molecule has 0 aliphatic rings. The molecule has 0 saturated heterocycles. The molecule has 0 unspecified atom stereocenters. The number of benzene rings is 1. The lowest BCUT2D eigenvalue weighted by molar-refractivity contribution is -0.140. The van der Waals surface area contributed by atoms with Gasteiger partial charge >= 0.3 is 5.97 Å². The first kappa shape index (κ1) is 11.2. The van der Waals surface area contributed by atoms with Crippen LogP contribution in [-0.4, -0.2) is 23.5 Å². The Morgan fingerprint density at radius 1 is 1.27 bits per heavy atom. The summed E-state index contributed by atoms with van der Waals surface area (Å²) in [7, 11) is 0. The molecule has 0 aromatic heterocycles. The zero-order valence-electron chi connectivity index (χ0n) is 8.51. The lowest BCUT2D eigenvalue weighted by atomic mass is 10.2. The summed E-state index contributed by atoms with van der Waals surface area (Å²) in [6.45, 7) is 2.28. The Balaban J connectivity index is 2.80. The first-order valence-electron chi connectivity index (χ1n) is 4.72. The molecular formula is C11H13NO3. The van der Waals surface area contributed by atoms with Crippen molar-refractivity contribution in [2.45, 2.75) is 13.3 Å². The van der Waals surface area contributed by atoms with Crippen molar-refractivity contribution >= 4 is 17.6 Å². The fourth-order valence-electron chi connectivity index (χ4n) is 1.34. The number of aliphatic carboxylic acids is 1. The van der Waals surface area contributed by atoms with Gasteiger partial charge in [-0.3, -0.25) is 9.59 Å². The molecule has 80 valence electrons. The van der Waals surface area contributed by atoms with Crippen molar-refractivity contribution in [2.24, 2.45) is 0 Å². The van der Waals surface area contributed by atoms with E-state index in [1.165, 1.54) is 4.90 Å². The summed E-state index contributed by atoms with van der Waals surface area (Å²) in [5.41, 5.74) is 0.728. The molecule has 0 saturated carbocycles. The quantitative estimate of drug-likeness (QED) is 0.761. The second-order valence-electron chi connectivity index (χ2n) is 3.04. The van der Waals surface area contributed by atoms with Gasteiger partial charge in [0.15, 0.2) is 0 Å². The van der Waals surface area contributed by atoms with Crippen LogP contribution >= 0.6 is 0 Å². The van der Waals surface area contributed by atoms with Gasteiger partial charge in [-0.1, -0.05) is 18.2 Å². The summed E-state index contributed by atoms with van der Waals surface area (Å²) >= 11 is 0. The number of rotatable bonds is 4. The maximum absolute atomic E-state index is 11.5. The van der Waals surface area contributed by atoms with Gasteiger partial charge in [0.05, 0.1) is 0 Å². The minimum Gasteiger partial charge on any atom is -0.481 e. The van der Waals surface area contributed by atoms with Crippen LogP contribution in [0.1, 0.15) is 13.3 Å². The zero-order chi connectivity index (χ0) is 11.3. The van der Waals surface area contributed by atoms with E-state index in [0.29, 0.717) is 6.54 Å². The number of amides is 1. The smallest absolute Gasteiger partial charge is 0.312 e. The molecule has 4 heteroatoms. The SMILES string of the molecule is CCN(C(=O)CC(=O)O)c1ccccc1. The molecule has 0 aliphatic carbocycles. The number of carboxylic acids is 1. The van der Waals surface area contributed by atoms with E-state index in [2.05, 4.69) is 0 Å². The maximum Gasteiger partial charge on any atom is 0.312 e. The number of carbonyl (C=O) groups excluding carboxylic acids is 1. The largest absolute Gasteiger partial charge is 0.481 e. The van der Waals surface area contributed by atoms with Crippen molar-refractivity contribution in [1.29, 1.82) is 0 Å². The van der Waals surface area contributed by atoms with Crippen LogP contribution < -0.4 is 4.90 Å². The topological polar surface area (TPSA) is 57.6 Å². The van der Waals surface area contributed by atoms with Crippen LogP contribution in [0, 0.1) is 0 Å². The van der Waals surface area contributed by atoms with Crippen LogP contribution in [0.25, 0.3) is 0 Å². The highest BCUT2D eigenvalue weighted by Gasteiger charge is 2.16. The molecule has 0 spiro atoms. The van der Waals surface area contributed by atoms with E-state index in [9.17, 15) is 9.59 Å². The van der Waals surface area contributed by atoms with E-state index >= 15 is 0 Å². The van der Waals surface area contributed by atoms with Crippen molar-refractivity contribution in [3.05, 3.63) is 30.3 Å². The van der Waals surface area contributed by atoms with Crippen molar-refractivity contribution in [1.82, 2.24) is 0 Å². The van der Waals surface area contributed by atoms with Gasteiger partial charge in [-0.25, -0.2) is 0 Å². The second kappa shape index (κ2) is 5.14. The van der Waals surface area contributed by atoms with Crippen LogP contribution in [0.4, 0.5) is 5.69 Å². The highest BCUT2D eigenvalue weighted by Crippen LogP contribution is 2.13. The monoisotopic (exact) mass is 207 g/mol. The Morgan fingerprint density at radius 3 is 2.33 bits per heavy atom. The molecule has 0 radical (unpaired) electrons. The Morgan fingerprint density at radius 2 is 1.87 bits per heavy atom. The Hall–Kier alpha value is -1.84. The number of hydrogen-bond donors (Lipinski definition) is 1. The van der Waals surface area contributed by atoms with E-state index in [1.807, 2.05) is 25.1 Å².